The fourth-order valence-corrected chi connectivity index (χ4v) is 2.47. The van der Waals surface area contributed by atoms with E-state index in [9.17, 15) is 0 Å². The minimum Gasteiger partial charge on any atom is -0.493 e. The predicted octanol–water partition coefficient (Wildman–Crippen LogP) is 4.26. The number of para-hydroxylation sites is 1. The molecule has 0 spiro atoms. The summed E-state index contributed by atoms with van der Waals surface area (Å²) in [5, 5.41) is 11.7. The summed E-state index contributed by atoms with van der Waals surface area (Å²) in [7, 11) is 1.58. The van der Waals surface area contributed by atoms with Crippen LogP contribution in [0.3, 0.4) is 0 Å². The first kappa shape index (κ1) is 18.6. The van der Waals surface area contributed by atoms with Crippen molar-refractivity contribution >= 4 is 6.21 Å². The molecule has 5 heteroatoms. The maximum Gasteiger partial charge on any atom is 0.161 e. The van der Waals surface area contributed by atoms with Crippen LogP contribution < -0.4 is 14.2 Å². The maximum atomic E-state index is 8.65. The molecule has 0 amide bonds. The Kier molecular flexibility index (Phi) is 6.28. The number of benzene rings is 2. The van der Waals surface area contributed by atoms with E-state index in [1.165, 1.54) is 6.21 Å². The van der Waals surface area contributed by atoms with Gasteiger partial charge in [0, 0.05) is 5.56 Å². The lowest BCUT2D eigenvalue weighted by Gasteiger charge is -2.22. The quantitative estimate of drug-likeness (QED) is 0.353. The van der Waals surface area contributed by atoms with Crippen LogP contribution in [0.15, 0.2) is 47.6 Å². The number of nitrogens with zero attached hydrogens (tertiary/aromatic N) is 1. The molecular formula is C20H25NO4. The number of methoxy groups -OCH3 is 1. The molecule has 2 rings (SSSR count). The van der Waals surface area contributed by atoms with E-state index < -0.39 is 0 Å². The van der Waals surface area contributed by atoms with Gasteiger partial charge in [0.15, 0.2) is 11.5 Å². The largest absolute Gasteiger partial charge is 0.493 e. The molecule has 2 aromatic rings. The van der Waals surface area contributed by atoms with E-state index in [1.54, 1.807) is 25.3 Å². The number of hydrogen-bond donors (Lipinski definition) is 1. The summed E-state index contributed by atoms with van der Waals surface area (Å²) < 4.78 is 17.0. The second kappa shape index (κ2) is 8.42. The summed E-state index contributed by atoms with van der Waals surface area (Å²) in [5.74, 6) is 2.06. The third-order valence-corrected chi connectivity index (χ3v) is 3.69. The van der Waals surface area contributed by atoms with Crippen LogP contribution in [0.25, 0.3) is 0 Å². The monoisotopic (exact) mass is 343 g/mol. The maximum absolute atomic E-state index is 8.65. The first-order valence-corrected chi connectivity index (χ1v) is 8.16. The molecule has 5 nitrogen and oxygen atoms in total. The minimum absolute atomic E-state index is 0.0125. The summed E-state index contributed by atoms with van der Waals surface area (Å²) in [5.41, 5.74) is 1.89. The third kappa shape index (κ3) is 5.14. The van der Waals surface area contributed by atoms with Gasteiger partial charge < -0.3 is 19.4 Å². The van der Waals surface area contributed by atoms with Gasteiger partial charge in [-0.2, -0.15) is 0 Å². The normalized spacial score (nSPS) is 11.5. The fourth-order valence-electron chi connectivity index (χ4n) is 2.47. The summed E-state index contributed by atoms with van der Waals surface area (Å²) in [6, 6.07) is 13.3. The summed E-state index contributed by atoms with van der Waals surface area (Å²) >= 11 is 0. The van der Waals surface area contributed by atoms with Crippen molar-refractivity contribution in [3.05, 3.63) is 53.6 Å². The molecule has 0 bridgehead atoms. The molecule has 0 saturated heterocycles. The smallest absolute Gasteiger partial charge is 0.161 e. The Labute approximate surface area is 148 Å². The van der Waals surface area contributed by atoms with Gasteiger partial charge in [0.25, 0.3) is 0 Å². The molecule has 0 aliphatic carbocycles. The second-order valence-electron chi connectivity index (χ2n) is 6.60. The summed E-state index contributed by atoms with van der Waals surface area (Å²) in [4.78, 5) is 0. The molecule has 1 N–H and O–H groups in total. The van der Waals surface area contributed by atoms with Gasteiger partial charge in [-0.15, -0.1) is 0 Å². The molecule has 0 aromatic heterocycles. The van der Waals surface area contributed by atoms with Crippen molar-refractivity contribution in [1.29, 1.82) is 0 Å². The van der Waals surface area contributed by atoms with Gasteiger partial charge >= 0.3 is 0 Å². The highest BCUT2D eigenvalue weighted by atomic mass is 16.5. The highest BCUT2D eigenvalue weighted by Gasteiger charge is 2.18. The lowest BCUT2D eigenvalue weighted by atomic mass is 9.86. The Balaban J connectivity index is 1.99. The molecule has 0 unspecified atom stereocenters. The average molecular weight is 343 g/mol. The van der Waals surface area contributed by atoms with Gasteiger partial charge in [-0.25, -0.2) is 0 Å². The van der Waals surface area contributed by atoms with Crippen LogP contribution in [-0.4, -0.2) is 31.7 Å². The van der Waals surface area contributed by atoms with Crippen molar-refractivity contribution < 1.29 is 19.4 Å². The van der Waals surface area contributed by atoms with Gasteiger partial charge in [-0.1, -0.05) is 44.1 Å². The Morgan fingerprint density at radius 2 is 1.64 bits per heavy atom. The van der Waals surface area contributed by atoms with E-state index in [0.717, 1.165) is 16.9 Å². The van der Waals surface area contributed by atoms with Crippen LogP contribution >= 0.6 is 0 Å². The van der Waals surface area contributed by atoms with Gasteiger partial charge in [0.2, 0.25) is 0 Å². The molecule has 0 radical (unpaired) electrons. The highest BCUT2D eigenvalue weighted by molar-refractivity contribution is 5.80. The molecule has 0 atom stereocenters. The van der Waals surface area contributed by atoms with E-state index in [2.05, 4.69) is 32.0 Å². The summed E-state index contributed by atoms with van der Waals surface area (Å²) in [6.45, 7) is 7.25. The lowest BCUT2D eigenvalue weighted by molar-refractivity contribution is 0.208. The average Bonchev–Trinajstić information content (AvgIpc) is 2.59. The standard InChI is InChI=1S/C20H25NO4/c1-20(2,3)16-7-5-6-8-17(16)24-11-12-25-19-13-15(14-21-22)9-10-18(19)23-4/h5-10,13-14,22H,11-12H2,1-4H3. The Bertz CT molecular complexity index is 720. The molecular weight excluding hydrogens is 318 g/mol. The number of hydrogen-bond acceptors (Lipinski definition) is 5. The molecule has 0 aliphatic heterocycles. The van der Waals surface area contributed by atoms with Crippen molar-refractivity contribution in [2.75, 3.05) is 20.3 Å². The molecule has 25 heavy (non-hydrogen) atoms. The minimum atomic E-state index is 0.0125. The van der Waals surface area contributed by atoms with Gasteiger partial charge in [0.05, 0.1) is 13.3 Å². The SMILES string of the molecule is COc1ccc(C=NO)cc1OCCOc1ccccc1C(C)(C)C. The van der Waals surface area contributed by atoms with Crippen LogP contribution in [0.2, 0.25) is 0 Å². The Hall–Kier alpha value is -2.69. The Morgan fingerprint density at radius 1 is 0.960 bits per heavy atom. The van der Waals surface area contributed by atoms with Crippen molar-refractivity contribution in [2.24, 2.45) is 5.16 Å². The highest BCUT2D eigenvalue weighted by Crippen LogP contribution is 2.31. The predicted molar refractivity (Wildman–Crippen MR) is 98.5 cm³/mol. The van der Waals surface area contributed by atoms with Crippen LogP contribution in [0, 0.1) is 0 Å². The van der Waals surface area contributed by atoms with E-state index in [4.69, 9.17) is 19.4 Å². The van der Waals surface area contributed by atoms with E-state index in [1.807, 2.05) is 18.2 Å². The van der Waals surface area contributed by atoms with Crippen LogP contribution in [0.5, 0.6) is 17.2 Å². The van der Waals surface area contributed by atoms with Crippen molar-refractivity contribution in [3.63, 3.8) is 0 Å². The van der Waals surface area contributed by atoms with E-state index in [0.29, 0.717) is 24.7 Å². The molecule has 2 aromatic carbocycles. The zero-order chi connectivity index (χ0) is 18.3. The van der Waals surface area contributed by atoms with Crippen LogP contribution in [-0.2, 0) is 5.41 Å². The molecule has 0 heterocycles. The number of rotatable bonds is 7. The van der Waals surface area contributed by atoms with Gasteiger partial charge in [-0.3, -0.25) is 0 Å². The van der Waals surface area contributed by atoms with Gasteiger partial charge in [0.1, 0.15) is 19.0 Å². The molecule has 0 saturated carbocycles. The molecule has 0 aliphatic rings. The first-order chi connectivity index (χ1) is 12.0. The topological polar surface area (TPSA) is 60.3 Å². The third-order valence-electron chi connectivity index (χ3n) is 3.69. The number of oxime groups is 1. The van der Waals surface area contributed by atoms with E-state index in [-0.39, 0.29) is 5.41 Å². The van der Waals surface area contributed by atoms with Crippen molar-refractivity contribution in [1.82, 2.24) is 0 Å². The lowest BCUT2D eigenvalue weighted by Crippen LogP contribution is -2.16. The van der Waals surface area contributed by atoms with Crippen LogP contribution in [0.1, 0.15) is 31.9 Å². The van der Waals surface area contributed by atoms with Crippen LogP contribution in [0.4, 0.5) is 0 Å². The van der Waals surface area contributed by atoms with Crippen molar-refractivity contribution in [3.8, 4) is 17.2 Å². The summed E-state index contributed by atoms with van der Waals surface area (Å²) in [6.07, 6.45) is 1.34. The zero-order valence-corrected chi connectivity index (χ0v) is 15.2. The second-order valence-corrected chi connectivity index (χ2v) is 6.60. The Morgan fingerprint density at radius 3 is 2.28 bits per heavy atom. The molecule has 134 valence electrons. The van der Waals surface area contributed by atoms with E-state index >= 15 is 0 Å². The fraction of sp³-hybridized carbons (Fsp3) is 0.350. The zero-order valence-electron chi connectivity index (χ0n) is 15.2. The van der Waals surface area contributed by atoms with Crippen molar-refractivity contribution in [2.45, 2.75) is 26.2 Å². The molecule has 0 fully saturated rings. The first-order valence-electron chi connectivity index (χ1n) is 8.16. The van der Waals surface area contributed by atoms with Gasteiger partial charge in [-0.05, 0) is 35.2 Å². The number of ether oxygens (including phenoxy) is 3.